The normalized spacial score (nSPS) is 10.0. The standard InChI is InChI=1S/C11H13BrClNO/c12-10-4-2-9(3-5-10)8-11(15)14-7-1-6-13/h2-5H,1,6-8H2,(H,14,15). The first-order valence-electron chi connectivity index (χ1n) is 4.79. The third-order valence-corrected chi connectivity index (χ3v) is 2.71. The number of halogens is 2. The average molecular weight is 291 g/mol. The zero-order valence-corrected chi connectivity index (χ0v) is 10.6. The average Bonchev–Trinajstić information content (AvgIpc) is 2.22. The van der Waals surface area contributed by atoms with Crippen LogP contribution in [0.1, 0.15) is 12.0 Å². The van der Waals surface area contributed by atoms with Crippen LogP contribution in [0.4, 0.5) is 0 Å². The van der Waals surface area contributed by atoms with Crippen molar-refractivity contribution in [2.24, 2.45) is 0 Å². The third-order valence-electron chi connectivity index (χ3n) is 1.91. The van der Waals surface area contributed by atoms with Crippen LogP contribution < -0.4 is 5.32 Å². The van der Waals surface area contributed by atoms with E-state index in [0.717, 1.165) is 16.5 Å². The number of alkyl halides is 1. The molecule has 1 aromatic rings. The zero-order chi connectivity index (χ0) is 11.1. The van der Waals surface area contributed by atoms with Gasteiger partial charge in [-0.2, -0.15) is 0 Å². The number of amides is 1. The van der Waals surface area contributed by atoms with Gasteiger partial charge in [0.1, 0.15) is 0 Å². The summed E-state index contributed by atoms with van der Waals surface area (Å²) in [5.74, 6) is 0.626. The van der Waals surface area contributed by atoms with Gasteiger partial charge in [-0.25, -0.2) is 0 Å². The van der Waals surface area contributed by atoms with E-state index in [-0.39, 0.29) is 5.91 Å². The fraction of sp³-hybridized carbons (Fsp3) is 0.364. The summed E-state index contributed by atoms with van der Waals surface area (Å²) < 4.78 is 1.02. The minimum absolute atomic E-state index is 0.0439. The number of carbonyl (C=O) groups excluding carboxylic acids is 1. The molecule has 0 atom stereocenters. The van der Waals surface area contributed by atoms with Gasteiger partial charge >= 0.3 is 0 Å². The molecule has 0 radical (unpaired) electrons. The van der Waals surface area contributed by atoms with Gasteiger partial charge in [0, 0.05) is 16.9 Å². The molecule has 0 saturated heterocycles. The summed E-state index contributed by atoms with van der Waals surface area (Å²) in [5, 5.41) is 2.81. The highest BCUT2D eigenvalue weighted by atomic mass is 79.9. The number of nitrogens with one attached hydrogen (secondary N) is 1. The van der Waals surface area contributed by atoms with Crippen LogP contribution >= 0.6 is 27.5 Å². The van der Waals surface area contributed by atoms with Crippen molar-refractivity contribution in [2.45, 2.75) is 12.8 Å². The molecule has 1 rings (SSSR count). The van der Waals surface area contributed by atoms with Gasteiger partial charge in [0.25, 0.3) is 0 Å². The van der Waals surface area contributed by atoms with E-state index in [1.807, 2.05) is 24.3 Å². The van der Waals surface area contributed by atoms with Crippen LogP contribution in [0.15, 0.2) is 28.7 Å². The van der Waals surface area contributed by atoms with Crippen LogP contribution in [0.25, 0.3) is 0 Å². The molecule has 1 aromatic carbocycles. The summed E-state index contributed by atoms with van der Waals surface area (Å²) in [4.78, 5) is 11.4. The fourth-order valence-corrected chi connectivity index (χ4v) is 1.54. The monoisotopic (exact) mass is 289 g/mol. The van der Waals surface area contributed by atoms with Crippen molar-refractivity contribution in [3.8, 4) is 0 Å². The number of carbonyl (C=O) groups is 1. The Balaban J connectivity index is 2.34. The van der Waals surface area contributed by atoms with E-state index in [1.54, 1.807) is 0 Å². The predicted octanol–water partition coefficient (Wildman–Crippen LogP) is 2.74. The summed E-state index contributed by atoms with van der Waals surface area (Å²) >= 11 is 8.85. The fourth-order valence-electron chi connectivity index (χ4n) is 1.14. The molecule has 0 fully saturated rings. The van der Waals surface area contributed by atoms with Gasteiger partial charge in [-0.05, 0) is 24.1 Å². The summed E-state index contributed by atoms with van der Waals surface area (Å²) in [6.45, 7) is 0.652. The second-order valence-corrected chi connectivity index (χ2v) is 4.49. The number of hydrogen-bond acceptors (Lipinski definition) is 1. The Morgan fingerprint density at radius 3 is 2.60 bits per heavy atom. The molecule has 0 aliphatic carbocycles. The van der Waals surface area contributed by atoms with Gasteiger partial charge in [-0.15, -0.1) is 11.6 Å². The highest BCUT2D eigenvalue weighted by Crippen LogP contribution is 2.10. The molecule has 0 aliphatic heterocycles. The van der Waals surface area contributed by atoms with Crippen molar-refractivity contribution in [3.63, 3.8) is 0 Å². The molecule has 1 amide bonds. The molecule has 0 spiro atoms. The van der Waals surface area contributed by atoms with E-state index in [1.165, 1.54) is 0 Å². The van der Waals surface area contributed by atoms with Crippen LogP contribution in [0.5, 0.6) is 0 Å². The first-order chi connectivity index (χ1) is 7.22. The molecule has 82 valence electrons. The van der Waals surface area contributed by atoms with Gasteiger partial charge in [-0.1, -0.05) is 28.1 Å². The maximum absolute atomic E-state index is 11.4. The van der Waals surface area contributed by atoms with E-state index in [9.17, 15) is 4.79 Å². The Kier molecular flexibility index (Phi) is 5.73. The van der Waals surface area contributed by atoms with Crippen LogP contribution in [-0.4, -0.2) is 18.3 Å². The van der Waals surface area contributed by atoms with Crippen molar-refractivity contribution in [2.75, 3.05) is 12.4 Å². The summed E-state index contributed by atoms with van der Waals surface area (Å²) in [5.41, 5.74) is 1.02. The number of hydrogen-bond donors (Lipinski definition) is 1. The smallest absolute Gasteiger partial charge is 0.224 e. The molecule has 0 bridgehead atoms. The summed E-state index contributed by atoms with van der Waals surface area (Å²) in [7, 11) is 0. The third kappa shape index (κ3) is 5.19. The molecule has 2 nitrogen and oxygen atoms in total. The lowest BCUT2D eigenvalue weighted by Crippen LogP contribution is -2.26. The highest BCUT2D eigenvalue weighted by Gasteiger charge is 2.01. The van der Waals surface area contributed by atoms with Gasteiger partial charge < -0.3 is 5.32 Å². The maximum atomic E-state index is 11.4. The Labute approximate surface area is 103 Å². The van der Waals surface area contributed by atoms with Crippen molar-refractivity contribution in [1.82, 2.24) is 5.32 Å². The molecule has 15 heavy (non-hydrogen) atoms. The van der Waals surface area contributed by atoms with Crippen molar-refractivity contribution in [1.29, 1.82) is 0 Å². The lowest BCUT2D eigenvalue weighted by molar-refractivity contribution is -0.120. The second-order valence-electron chi connectivity index (χ2n) is 3.20. The Hall–Kier alpha value is -0.540. The molecule has 0 aliphatic rings. The predicted molar refractivity (Wildman–Crippen MR) is 66.2 cm³/mol. The second kappa shape index (κ2) is 6.85. The van der Waals surface area contributed by atoms with Crippen LogP contribution in [0.2, 0.25) is 0 Å². The molecule has 0 saturated carbocycles. The summed E-state index contributed by atoms with van der Waals surface area (Å²) in [6, 6.07) is 7.74. The number of rotatable bonds is 5. The minimum Gasteiger partial charge on any atom is -0.356 e. The molecular weight excluding hydrogens is 277 g/mol. The SMILES string of the molecule is O=C(Cc1ccc(Br)cc1)NCCCCl. The highest BCUT2D eigenvalue weighted by molar-refractivity contribution is 9.10. The van der Waals surface area contributed by atoms with Crippen molar-refractivity contribution >= 4 is 33.4 Å². The first kappa shape index (κ1) is 12.5. The lowest BCUT2D eigenvalue weighted by Gasteiger charge is -2.03. The Morgan fingerprint density at radius 2 is 2.00 bits per heavy atom. The Morgan fingerprint density at radius 1 is 1.33 bits per heavy atom. The summed E-state index contributed by atoms with van der Waals surface area (Å²) in [6.07, 6.45) is 1.24. The van der Waals surface area contributed by atoms with Gasteiger partial charge in [-0.3, -0.25) is 4.79 Å². The van der Waals surface area contributed by atoms with Gasteiger partial charge in [0.05, 0.1) is 6.42 Å². The van der Waals surface area contributed by atoms with E-state index in [4.69, 9.17) is 11.6 Å². The van der Waals surface area contributed by atoms with E-state index < -0.39 is 0 Å². The van der Waals surface area contributed by atoms with E-state index in [2.05, 4.69) is 21.2 Å². The van der Waals surface area contributed by atoms with Crippen molar-refractivity contribution < 1.29 is 4.79 Å². The molecule has 1 N–H and O–H groups in total. The molecule has 0 heterocycles. The van der Waals surface area contributed by atoms with E-state index in [0.29, 0.717) is 18.8 Å². The van der Waals surface area contributed by atoms with Crippen LogP contribution in [0, 0.1) is 0 Å². The lowest BCUT2D eigenvalue weighted by atomic mass is 10.1. The van der Waals surface area contributed by atoms with Crippen LogP contribution in [-0.2, 0) is 11.2 Å². The Bertz CT molecular complexity index is 313. The quantitative estimate of drug-likeness (QED) is 0.656. The largest absolute Gasteiger partial charge is 0.356 e. The topological polar surface area (TPSA) is 29.1 Å². The van der Waals surface area contributed by atoms with Gasteiger partial charge in [0.15, 0.2) is 0 Å². The minimum atomic E-state index is 0.0439. The maximum Gasteiger partial charge on any atom is 0.224 e. The first-order valence-corrected chi connectivity index (χ1v) is 6.12. The number of benzene rings is 1. The van der Waals surface area contributed by atoms with Crippen LogP contribution in [0.3, 0.4) is 0 Å². The van der Waals surface area contributed by atoms with Gasteiger partial charge in [0.2, 0.25) is 5.91 Å². The molecular formula is C11H13BrClNO. The molecule has 0 unspecified atom stereocenters. The zero-order valence-electron chi connectivity index (χ0n) is 8.30. The molecule has 0 aromatic heterocycles. The molecule has 4 heteroatoms. The van der Waals surface area contributed by atoms with Crippen molar-refractivity contribution in [3.05, 3.63) is 34.3 Å². The van der Waals surface area contributed by atoms with E-state index >= 15 is 0 Å².